The predicted molar refractivity (Wildman–Crippen MR) is 71.1 cm³/mol. The lowest BCUT2D eigenvalue weighted by Gasteiger charge is -2.21. The van der Waals surface area contributed by atoms with E-state index in [2.05, 4.69) is 45.8 Å². The molecule has 2 rings (SSSR count). The lowest BCUT2D eigenvalue weighted by molar-refractivity contribution is 0.424. The minimum atomic E-state index is 0.450. The molecule has 1 aliphatic rings. The Hall–Kier alpha value is -0.200. The van der Waals surface area contributed by atoms with Crippen molar-refractivity contribution in [3.8, 4) is 0 Å². The number of nitrogens with zero attached hydrogens (tertiary/aromatic N) is 3. The van der Waals surface area contributed by atoms with Crippen LogP contribution < -0.4 is 5.32 Å². The van der Waals surface area contributed by atoms with Gasteiger partial charge < -0.3 is 5.32 Å². The summed E-state index contributed by atoms with van der Waals surface area (Å²) in [5.74, 6) is 5.05. The molecule has 4 nitrogen and oxygen atoms in total. The first kappa shape index (κ1) is 12.3. The Morgan fingerprint density at radius 2 is 2.19 bits per heavy atom. The topological polar surface area (TPSA) is 42.7 Å². The molecule has 1 N–H and O–H groups in total. The molecule has 0 radical (unpaired) electrons. The zero-order chi connectivity index (χ0) is 11.2. The summed E-state index contributed by atoms with van der Waals surface area (Å²) in [6.45, 7) is 3.10. The van der Waals surface area contributed by atoms with Crippen LogP contribution in [-0.4, -0.2) is 49.9 Å². The average Bonchev–Trinajstić information content (AvgIpc) is 2.62. The Morgan fingerprint density at radius 1 is 1.44 bits per heavy atom. The summed E-state index contributed by atoms with van der Waals surface area (Å²) in [4.78, 5) is 3.95. The van der Waals surface area contributed by atoms with Gasteiger partial charge >= 0.3 is 0 Å². The molecule has 16 heavy (non-hydrogen) atoms. The van der Waals surface area contributed by atoms with Crippen LogP contribution in [0.3, 0.4) is 0 Å². The molecule has 0 saturated carbocycles. The zero-order valence-electron chi connectivity index (χ0n) is 9.50. The summed E-state index contributed by atoms with van der Waals surface area (Å²) in [6.07, 6.45) is 3.36. The van der Waals surface area contributed by atoms with Crippen LogP contribution in [0.2, 0.25) is 0 Å². The number of aromatic nitrogens is 3. The molecule has 1 saturated heterocycles. The minimum absolute atomic E-state index is 0.450. The third kappa shape index (κ3) is 3.99. The Labute approximate surface area is 105 Å². The third-order valence-electron chi connectivity index (χ3n) is 2.46. The van der Waals surface area contributed by atoms with Crippen LogP contribution in [0.25, 0.3) is 0 Å². The van der Waals surface area contributed by atoms with Gasteiger partial charge in [0.1, 0.15) is 12.7 Å². The van der Waals surface area contributed by atoms with E-state index in [1.165, 1.54) is 23.0 Å². The highest BCUT2D eigenvalue weighted by atomic mass is 32.2. The minimum Gasteiger partial charge on any atom is -0.308 e. The van der Waals surface area contributed by atoms with Crippen LogP contribution in [0.5, 0.6) is 0 Å². The number of rotatable bonds is 4. The Balaban J connectivity index is 1.75. The molecule has 0 aliphatic carbocycles. The van der Waals surface area contributed by atoms with Gasteiger partial charge in [0.05, 0.1) is 6.54 Å². The molecule has 0 aromatic carbocycles. The SMILES string of the molecule is CC(Cn1cncn1)NC1CSCCSC1. The fraction of sp³-hybridized carbons (Fsp3) is 0.800. The summed E-state index contributed by atoms with van der Waals surface area (Å²) < 4.78 is 1.88. The Bertz CT molecular complexity index is 283. The number of nitrogens with one attached hydrogen (secondary N) is 1. The molecule has 90 valence electrons. The molecular weight excluding hydrogens is 240 g/mol. The highest BCUT2D eigenvalue weighted by molar-refractivity contribution is 8.03. The van der Waals surface area contributed by atoms with Crippen molar-refractivity contribution < 1.29 is 0 Å². The molecule has 2 heterocycles. The Morgan fingerprint density at radius 3 is 2.81 bits per heavy atom. The van der Waals surface area contributed by atoms with E-state index in [0.717, 1.165) is 6.54 Å². The van der Waals surface area contributed by atoms with Crippen LogP contribution in [0, 0.1) is 0 Å². The van der Waals surface area contributed by atoms with E-state index in [9.17, 15) is 0 Å². The summed E-state index contributed by atoms with van der Waals surface area (Å²) in [5, 5.41) is 7.79. The van der Waals surface area contributed by atoms with Crippen molar-refractivity contribution in [2.24, 2.45) is 0 Å². The normalized spacial score (nSPS) is 20.6. The lowest BCUT2D eigenvalue weighted by atomic mass is 10.3. The van der Waals surface area contributed by atoms with Gasteiger partial charge in [0.25, 0.3) is 0 Å². The number of hydrogen-bond acceptors (Lipinski definition) is 5. The molecule has 0 spiro atoms. The van der Waals surface area contributed by atoms with Gasteiger partial charge in [-0.25, -0.2) is 4.98 Å². The maximum atomic E-state index is 4.12. The molecule has 1 unspecified atom stereocenters. The molecule has 1 aliphatic heterocycles. The van der Waals surface area contributed by atoms with Crippen LogP contribution in [0.1, 0.15) is 6.92 Å². The van der Waals surface area contributed by atoms with Gasteiger partial charge in [0, 0.05) is 35.1 Å². The van der Waals surface area contributed by atoms with Crippen LogP contribution >= 0.6 is 23.5 Å². The van der Waals surface area contributed by atoms with E-state index in [4.69, 9.17) is 0 Å². The van der Waals surface area contributed by atoms with E-state index in [-0.39, 0.29) is 0 Å². The maximum Gasteiger partial charge on any atom is 0.137 e. The second-order valence-corrected chi connectivity index (χ2v) is 6.33. The van der Waals surface area contributed by atoms with Crippen molar-refractivity contribution in [2.45, 2.75) is 25.6 Å². The molecule has 1 aromatic heterocycles. The molecule has 0 bridgehead atoms. The lowest BCUT2D eigenvalue weighted by Crippen LogP contribution is -2.41. The van der Waals surface area contributed by atoms with Gasteiger partial charge in [0.2, 0.25) is 0 Å². The predicted octanol–water partition coefficient (Wildman–Crippen LogP) is 1.10. The number of thioether (sulfide) groups is 2. The van der Waals surface area contributed by atoms with Gasteiger partial charge in [-0.15, -0.1) is 0 Å². The highest BCUT2D eigenvalue weighted by Gasteiger charge is 2.15. The molecule has 0 amide bonds. The molecule has 6 heteroatoms. The molecular formula is C10H18N4S2. The van der Waals surface area contributed by atoms with Gasteiger partial charge in [-0.1, -0.05) is 0 Å². The van der Waals surface area contributed by atoms with Crippen LogP contribution in [0.4, 0.5) is 0 Å². The van der Waals surface area contributed by atoms with Crippen LogP contribution in [-0.2, 0) is 6.54 Å². The van der Waals surface area contributed by atoms with E-state index >= 15 is 0 Å². The van der Waals surface area contributed by atoms with Crippen LogP contribution in [0.15, 0.2) is 12.7 Å². The third-order valence-corrected chi connectivity index (χ3v) is 4.98. The fourth-order valence-electron chi connectivity index (χ4n) is 1.78. The molecule has 1 atom stereocenters. The van der Waals surface area contributed by atoms with Crippen molar-refractivity contribution in [3.63, 3.8) is 0 Å². The van der Waals surface area contributed by atoms with Gasteiger partial charge in [0.15, 0.2) is 0 Å². The highest BCUT2D eigenvalue weighted by Crippen LogP contribution is 2.16. The standard InChI is InChI=1S/C10H18N4S2/c1-9(4-14-8-11-7-12-14)13-10-5-15-2-3-16-6-10/h7-10,13H,2-6H2,1H3. The summed E-state index contributed by atoms with van der Waals surface area (Å²) >= 11 is 4.11. The second kappa shape index (κ2) is 6.51. The number of hydrogen-bond donors (Lipinski definition) is 1. The van der Waals surface area contributed by atoms with E-state index in [1.54, 1.807) is 12.7 Å². The first-order valence-electron chi connectivity index (χ1n) is 5.58. The largest absolute Gasteiger partial charge is 0.308 e. The van der Waals surface area contributed by atoms with Crippen molar-refractivity contribution in [1.82, 2.24) is 20.1 Å². The smallest absolute Gasteiger partial charge is 0.137 e. The monoisotopic (exact) mass is 258 g/mol. The zero-order valence-corrected chi connectivity index (χ0v) is 11.1. The quantitative estimate of drug-likeness (QED) is 0.876. The van der Waals surface area contributed by atoms with Crippen molar-refractivity contribution >= 4 is 23.5 Å². The molecule has 1 fully saturated rings. The maximum absolute atomic E-state index is 4.12. The van der Waals surface area contributed by atoms with E-state index < -0.39 is 0 Å². The fourth-order valence-corrected chi connectivity index (χ4v) is 4.20. The van der Waals surface area contributed by atoms with E-state index in [0.29, 0.717) is 12.1 Å². The first-order valence-corrected chi connectivity index (χ1v) is 7.89. The first-order chi connectivity index (χ1) is 7.84. The van der Waals surface area contributed by atoms with Gasteiger partial charge in [-0.05, 0) is 6.92 Å². The van der Waals surface area contributed by atoms with Crippen molar-refractivity contribution in [3.05, 3.63) is 12.7 Å². The Kier molecular flexibility index (Phi) is 4.99. The van der Waals surface area contributed by atoms with Gasteiger partial charge in [-0.3, -0.25) is 4.68 Å². The summed E-state index contributed by atoms with van der Waals surface area (Å²) in [6, 6.07) is 1.09. The van der Waals surface area contributed by atoms with E-state index in [1.807, 2.05) is 4.68 Å². The summed E-state index contributed by atoms with van der Waals surface area (Å²) in [7, 11) is 0. The van der Waals surface area contributed by atoms with Crippen molar-refractivity contribution in [2.75, 3.05) is 23.0 Å². The molecule has 1 aromatic rings. The average molecular weight is 258 g/mol. The summed E-state index contributed by atoms with van der Waals surface area (Å²) in [5.41, 5.74) is 0. The second-order valence-electron chi connectivity index (χ2n) is 4.03. The van der Waals surface area contributed by atoms with Crippen molar-refractivity contribution in [1.29, 1.82) is 0 Å². The van der Waals surface area contributed by atoms with Gasteiger partial charge in [-0.2, -0.15) is 28.6 Å².